The Kier molecular flexibility index (Phi) is 5.60. The van der Waals surface area contributed by atoms with Gasteiger partial charge in [0.25, 0.3) is 5.91 Å². The molecule has 1 aliphatic rings. The lowest BCUT2D eigenvalue weighted by Gasteiger charge is -2.20. The van der Waals surface area contributed by atoms with Crippen LogP contribution in [0.2, 0.25) is 0 Å². The van der Waals surface area contributed by atoms with Gasteiger partial charge in [-0.25, -0.2) is 8.42 Å². The highest BCUT2D eigenvalue weighted by atomic mass is 32.2. The van der Waals surface area contributed by atoms with Gasteiger partial charge in [0.2, 0.25) is 9.84 Å². The first-order valence-electron chi connectivity index (χ1n) is 8.83. The lowest BCUT2D eigenvalue weighted by Crippen LogP contribution is -2.27. The fourth-order valence-corrected chi connectivity index (χ4v) is 4.01. The summed E-state index contributed by atoms with van der Waals surface area (Å²) in [6, 6.07) is 10.5. The van der Waals surface area contributed by atoms with Gasteiger partial charge in [-0.1, -0.05) is 18.2 Å². The van der Waals surface area contributed by atoms with Crippen LogP contribution < -0.4 is 5.32 Å². The van der Waals surface area contributed by atoms with E-state index in [0.29, 0.717) is 0 Å². The van der Waals surface area contributed by atoms with Crippen molar-refractivity contribution in [1.82, 2.24) is 5.32 Å². The van der Waals surface area contributed by atoms with E-state index in [4.69, 9.17) is 0 Å². The highest BCUT2D eigenvalue weighted by Gasteiger charge is 2.26. The van der Waals surface area contributed by atoms with E-state index in [-0.39, 0.29) is 17.5 Å². The lowest BCUT2D eigenvalue weighted by molar-refractivity contribution is 0.0939. The first-order valence-corrected chi connectivity index (χ1v) is 10.4. The van der Waals surface area contributed by atoms with Crippen LogP contribution in [0, 0.1) is 0 Å². The van der Waals surface area contributed by atoms with E-state index in [1.807, 2.05) is 13.0 Å². The average Bonchev–Trinajstić information content (AvgIpc) is 2.67. The Labute approximate surface area is 157 Å². The zero-order chi connectivity index (χ0) is 19.6. The number of alkyl halides is 2. The number of fused-ring (bicyclic) bond motifs is 1. The second-order valence-electron chi connectivity index (χ2n) is 6.76. The summed E-state index contributed by atoms with van der Waals surface area (Å²) in [7, 11) is -4.66. The van der Waals surface area contributed by atoms with Crippen LogP contribution in [0.25, 0.3) is 0 Å². The van der Waals surface area contributed by atoms with Gasteiger partial charge in [0, 0.05) is 5.56 Å². The molecule has 144 valence electrons. The first-order chi connectivity index (χ1) is 12.8. The van der Waals surface area contributed by atoms with E-state index in [0.717, 1.165) is 30.5 Å². The van der Waals surface area contributed by atoms with Gasteiger partial charge in [0.15, 0.2) is 0 Å². The maximum atomic E-state index is 12.6. The standard InChI is InChI=1S/C20H21F2NO3S/c1-13(16-7-6-14-4-2-3-5-17(14)12-16)23-19(24)15-8-10-18(11-9-15)27(25,26)20(21)22/h6-13,20H,2-5H2,1H3,(H,23,24)/t13-/m1/s1. The fraction of sp³-hybridized carbons (Fsp3) is 0.350. The number of benzene rings is 2. The molecule has 1 N–H and O–H groups in total. The Morgan fingerprint density at radius 3 is 2.26 bits per heavy atom. The van der Waals surface area contributed by atoms with Crippen molar-refractivity contribution in [3.05, 3.63) is 64.7 Å². The minimum Gasteiger partial charge on any atom is -0.346 e. The van der Waals surface area contributed by atoms with Gasteiger partial charge in [0.05, 0.1) is 10.9 Å². The second-order valence-corrected chi connectivity index (χ2v) is 8.68. The Bertz CT molecular complexity index is 940. The quantitative estimate of drug-likeness (QED) is 0.834. The number of amides is 1. The zero-order valence-corrected chi connectivity index (χ0v) is 15.7. The van der Waals surface area contributed by atoms with Crippen LogP contribution in [0.5, 0.6) is 0 Å². The van der Waals surface area contributed by atoms with E-state index in [2.05, 4.69) is 17.4 Å². The SMILES string of the molecule is C[C@@H](NC(=O)c1ccc(S(=O)(=O)C(F)F)cc1)c1ccc2c(c1)CCCC2. The van der Waals surface area contributed by atoms with Crippen molar-refractivity contribution >= 4 is 15.7 Å². The van der Waals surface area contributed by atoms with Crippen LogP contribution >= 0.6 is 0 Å². The molecular formula is C20H21F2NO3S. The third kappa shape index (κ3) is 4.18. The van der Waals surface area contributed by atoms with Crippen LogP contribution in [0.4, 0.5) is 8.78 Å². The summed E-state index contributed by atoms with van der Waals surface area (Å²) in [6.07, 6.45) is 4.51. The first kappa shape index (κ1) is 19.5. The number of rotatable bonds is 5. The summed E-state index contributed by atoms with van der Waals surface area (Å²) in [5.74, 6) is -3.87. The average molecular weight is 393 g/mol. The minimum atomic E-state index is -4.66. The Morgan fingerprint density at radius 1 is 1.00 bits per heavy atom. The highest BCUT2D eigenvalue weighted by molar-refractivity contribution is 7.91. The predicted molar refractivity (Wildman–Crippen MR) is 98.6 cm³/mol. The van der Waals surface area contributed by atoms with E-state index in [1.54, 1.807) is 0 Å². The van der Waals surface area contributed by atoms with Gasteiger partial charge >= 0.3 is 5.76 Å². The van der Waals surface area contributed by atoms with E-state index in [1.165, 1.54) is 36.1 Å². The van der Waals surface area contributed by atoms with Crippen LogP contribution in [-0.2, 0) is 22.7 Å². The maximum absolute atomic E-state index is 12.6. The molecule has 0 heterocycles. The van der Waals surface area contributed by atoms with Crippen LogP contribution in [-0.4, -0.2) is 20.1 Å². The Morgan fingerprint density at radius 2 is 1.63 bits per heavy atom. The molecule has 2 aromatic carbocycles. The molecule has 0 aromatic heterocycles. The summed E-state index contributed by atoms with van der Waals surface area (Å²) in [5.41, 5.74) is 3.90. The normalized spacial score (nSPS) is 15.3. The number of aryl methyl sites for hydroxylation is 2. The molecule has 3 rings (SSSR count). The van der Waals surface area contributed by atoms with Gasteiger partial charge in [-0.05, 0) is 73.6 Å². The third-order valence-corrected chi connectivity index (χ3v) is 6.30. The van der Waals surface area contributed by atoms with Crippen LogP contribution in [0.15, 0.2) is 47.4 Å². The molecule has 7 heteroatoms. The summed E-state index contributed by atoms with van der Waals surface area (Å²) < 4.78 is 48.0. The predicted octanol–water partition coefficient (Wildman–Crippen LogP) is 4.05. The summed E-state index contributed by atoms with van der Waals surface area (Å²) in [4.78, 5) is 11.9. The second kappa shape index (κ2) is 7.76. The molecule has 0 spiro atoms. The number of carbonyl (C=O) groups excluding carboxylic acids is 1. The Balaban J connectivity index is 1.71. The lowest BCUT2D eigenvalue weighted by atomic mass is 9.89. The molecule has 0 fully saturated rings. The summed E-state index contributed by atoms with van der Waals surface area (Å²) >= 11 is 0. The van der Waals surface area contributed by atoms with Gasteiger partial charge in [-0.15, -0.1) is 0 Å². The van der Waals surface area contributed by atoms with Crippen molar-refractivity contribution in [3.8, 4) is 0 Å². The van der Waals surface area contributed by atoms with E-state index in [9.17, 15) is 22.0 Å². The maximum Gasteiger partial charge on any atom is 0.341 e. The molecule has 1 amide bonds. The van der Waals surface area contributed by atoms with Crippen molar-refractivity contribution in [2.45, 2.75) is 49.3 Å². The number of halogens is 2. The Hall–Kier alpha value is -2.28. The number of carbonyl (C=O) groups is 1. The third-order valence-electron chi connectivity index (χ3n) is 4.90. The van der Waals surface area contributed by atoms with Crippen molar-refractivity contribution in [1.29, 1.82) is 0 Å². The van der Waals surface area contributed by atoms with Crippen molar-refractivity contribution in [3.63, 3.8) is 0 Å². The van der Waals surface area contributed by atoms with Crippen molar-refractivity contribution in [2.24, 2.45) is 0 Å². The summed E-state index contributed by atoms with van der Waals surface area (Å²) in [6.45, 7) is 1.87. The van der Waals surface area contributed by atoms with Gasteiger partial charge in [0.1, 0.15) is 0 Å². The molecule has 0 saturated heterocycles. The monoisotopic (exact) mass is 393 g/mol. The zero-order valence-electron chi connectivity index (χ0n) is 14.9. The van der Waals surface area contributed by atoms with Crippen LogP contribution in [0.1, 0.15) is 52.9 Å². The number of nitrogens with one attached hydrogen (secondary N) is 1. The molecule has 0 bridgehead atoms. The molecule has 1 aliphatic carbocycles. The largest absolute Gasteiger partial charge is 0.346 e. The van der Waals surface area contributed by atoms with Crippen molar-refractivity contribution in [2.75, 3.05) is 0 Å². The smallest absolute Gasteiger partial charge is 0.341 e. The summed E-state index contributed by atoms with van der Waals surface area (Å²) in [5, 5.41) is 2.86. The number of hydrogen-bond donors (Lipinski definition) is 1. The molecule has 0 aliphatic heterocycles. The number of sulfone groups is 1. The van der Waals surface area contributed by atoms with Crippen LogP contribution in [0.3, 0.4) is 0 Å². The van der Waals surface area contributed by atoms with Gasteiger partial charge in [-0.3, -0.25) is 4.79 Å². The molecule has 0 saturated carbocycles. The molecule has 4 nitrogen and oxygen atoms in total. The molecule has 0 unspecified atom stereocenters. The molecular weight excluding hydrogens is 372 g/mol. The highest BCUT2D eigenvalue weighted by Crippen LogP contribution is 2.25. The topological polar surface area (TPSA) is 63.2 Å². The van der Waals surface area contributed by atoms with Gasteiger partial charge in [-0.2, -0.15) is 8.78 Å². The van der Waals surface area contributed by atoms with Gasteiger partial charge < -0.3 is 5.32 Å². The van der Waals surface area contributed by atoms with E-state index >= 15 is 0 Å². The molecule has 0 radical (unpaired) electrons. The fourth-order valence-electron chi connectivity index (χ4n) is 3.28. The molecule has 2 aromatic rings. The number of hydrogen-bond acceptors (Lipinski definition) is 3. The molecule has 1 atom stereocenters. The molecule has 27 heavy (non-hydrogen) atoms. The minimum absolute atomic E-state index is 0.216. The van der Waals surface area contributed by atoms with Crippen molar-refractivity contribution < 1.29 is 22.0 Å². The van der Waals surface area contributed by atoms with E-state index < -0.39 is 20.5 Å².